The smallest absolute Gasteiger partial charge is 0.233 e. The Labute approximate surface area is 163 Å². The van der Waals surface area contributed by atoms with Gasteiger partial charge in [-0.2, -0.15) is 0 Å². The summed E-state index contributed by atoms with van der Waals surface area (Å²) in [6.45, 7) is 9.07. The van der Waals surface area contributed by atoms with Crippen LogP contribution in [-0.2, 0) is 17.8 Å². The number of nitrogens with zero attached hydrogens (tertiary/aromatic N) is 3. The average molecular weight is 391 g/mol. The largest absolute Gasteiger partial charge is 0.354 e. The molecule has 1 N–H and O–H groups in total. The maximum absolute atomic E-state index is 12.5. The van der Waals surface area contributed by atoms with Crippen LogP contribution in [0.5, 0.6) is 0 Å². The molecule has 2 atom stereocenters. The molecule has 26 heavy (non-hydrogen) atoms. The molecule has 2 aromatic rings. The Bertz CT molecular complexity index is 720. The summed E-state index contributed by atoms with van der Waals surface area (Å²) in [7, 11) is 0. The number of amides is 1. The fourth-order valence-electron chi connectivity index (χ4n) is 3.35. The summed E-state index contributed by atoms with van der Waals surface area (Å²) in [6.07, 6.45) is 1.08. The summed E-state index contributed by atoms with van der Waals surface area (Å²) < 4.78 is 0.834. The molecular weight excluding hydrogens is 364 g/mol. The van der Waals surface area contributed by atoms with Gasteiger partial charge in [-0.25, -0.2) is 0 Å². The van der Waals surface area contributed by atoms with Crippen LogP contribution in [0.15, 0.2) is 34.1 Å². The molecule has 1 amide bonds. The lowest BCUT2D eigenvalue weighted by Crippen LogP contribution is -2.49. The van der Waals surface area contributed by atoms with E-state index in [1.54, 1.807) is 5.51 Å². The minimum atomic E-state index is -0.169. The summed E-state index contributed by atoms with van der Waals surface area (Å²) in [5, 5.41) is 10.8. The van der Waals surface area contributed by atoms with Crippen molar-refractivity contribution in [2.24, 2.45) is 5.92 Å². The summed E-state index contributed by atoms with van der Waals surface area (Å²) in [5.74, 6) is 0.542. The van der Waals surface area contributed by atoms with Crippen LogP contribution >= 0.6 is 23.1 Å². The van der Waals surface area contributed by atoms with Gasteiger partial charge in [-0.1, -0.05) is 61.2 Å². The number of aromatic nitrogens is 2. The van der Waals surface area contributed by atoms with Crippen LogP contribution in [0.2, 0.25) is 0 Å². The zero-order valence-electron chi connectivity index (χ0n) is 15.5. The van der Waals surface area contributed by atoms with Crippen molar-refractivity contribution >= 4 is 29.0 Å². The first-order valence-corrected chi connectivity index (χ1v) is 10.8. The van der Waals surface area contributed by atoms with Crippen LogP contribution in [0.1, 0.15) is 31.9 Å². The Morgan fingerprint density at radius 2 is 2.08 bits per heavy atom. The van der Waals surface area contributed by atoms with E-state index in [1.807, 2.05) is 6.92 Å². The zero-order chi connectivity index (χ0) is 18.5. The first kappa shape index (κ1) is 19.3. The van der Waals surface area contributed by atoms with E-state index in [4.69, 9.17) is 0 Å². The van der Waals surface area contributed by atoms with E-state index in [9.17, 15) is 4.79 Å². The lowest BCUT2D eigenvalue weighted by molar-refractivity contribution is -0.120. The van der Waals surface area contributed by atoms with Gasteiger partial charge in [0.1, 0.15) is 5.51 Å². The second-order valence-corrected chi connectivity index (χ2v) is 9.43. The van der Waals surface area contributed by atoms with Crippen LogP contribution in [0, 0.1) is 5.92 Å². The molecule has 140 valence electrons. The molecule has 1 aromatic carbocycles. The van der Waals surface area contributed by atoms with Crippen LogP contribution in [0.25, 0.3) is 0 Å². The van der Waals surface area contributed by atoms with E-state index >= 15 is 0 Å². The van der Waals surface area contributed by atoms with Gasteiger partial charge in [0.25, 0.3) is 0 Å². The van der Waals surface area contributed by atoms with Gasteiger partial charge >= 0.3 is 0 Å². The van der Waals surface area contributed by atoms with Crippen molar-refractivity contribution in [2.45, 2.75) is 49.4 Å². The summed E-state index contributed by atoms with van der Waals surface area (Å²) in [6, 6.07) is 9.02. The van der Waals surface area contributed by atoms with Gasteiger partial charge in [-0.3, -0.25) is 9.69 Å². The van der Waals surface area contributed by atoms with Crippen LogP contribution in [0.3, 0.4) is 0 Å². The molecule has 0 fully saturated rings. The van der Waals surface area contributed by atoms with Crippen molar-refractivity contribution < 1.29 is 4.79 Å². The predicted octanol–water partition coefficient (Wildman–Crippen LogP) is 3.22. The number of thioether (sulfide) groups is 1. The molecule has 0 aliphatic carbocycles. The monoisotopic (exact) mass is 390 g/mol. The normalized spacial score (nSPS) is 16.9. The number of carbonyl (C=O) groups excluding carboxylic acids is 1. The molecule has 7 heteroatoms. The molecule has 3 rings (SSSR count). The number of benzene rings is 1. The molecular formula is C19H26N4OS2. The van der Waals surface area contributed by atoms with Crippen molar-refractivity contribution in [1.29, 1.82) is 0 Å². The molecule has 0 spiro atoms. The molecule has 1 aliphatic heterocycles. The Kier molecular flexibility index (Phi) is 6.67. The number of carbonyl (C=O) groups is 1. The maximum Gasteiger partial charge on any atom is 0.233 e. The Morgan fingerprint density at radius 1 is 1.31 bits per heavy atom. The van der Waals surface area contributed by atoms with Gasteiger partial charge in [0.15, 0.2) is 4.34 Å². The number of hydrogen-bond acceptors (Lipinski definition) is 6. The van der Waals surface area contributed by atoms with Gasteiger partial charge in [-0.05, 0) is 30.4 Å². The number of hydrogen-bond donors (Lipinski definition) is 1. The molecule has 1 aromatic heterocycles. The fourth-order valence-corrected chi connectivity index (χ4v) is 5.01. The van der Waals surface area contributed by atoms with Gasteiger partial charge in [-0.15, -0.1) is 10.2 Å². The average Bonchev–Trinajstić information content (AvgIpc) is 3.14. The van der Waals surface area contributed by atoms with E-state index in [0.29, 0.717) is 18.5 Å². The molecule has 0 saturated heterocycles. The zero-order valence-corrected chi connectivity index (χ0v) is 17.1. The first-order chi connectivity index (χ1) is 12.5. The number of nitrogens with one attached hydrogen (secondary N) is 1. The van der Waals surface area contributed by atoms with Crippen LogP contribution < -0.4 is 5.32 Å². The van der Waals surface area contributed by atoms with Gasteiger partial charge in [0, 0.05) is 25.7 Å². The van der Waals surface area contributed by atoms with Crippen molar-refractivity contribution in [2.75, 3.05) is 13.1 Å². The van der Waals surface area contributed by atoms with E-state index in [1.165, 1.54) is 34.2 Å². The maximum atomic E-state index is 12.5. The number of fused-ring (bicyclic) bond motifs is 1. The van der Waals surface area contributed by atoms with Crippen LogP contribution in [0.4, 0.5) is 0 Å². The van der Waals surface area contributed by atoms with Gasteiger partial charge in [0.05, 0.1) is 5.25 Å². The van der Waals surface area contributed by atoms with Crippen molar-refractivity contribution in [3.05, 3.63) is 40.9 Å². The third kappa shape index (κ3) is 4.84. The second kappa shape index (κ2) is 8.97. The summed E-state index contributed by atoms with van der Waals surface area (Å²) in [4.78, 5) is 15.0. The minimum Gasteiger partial charge on any atom is -0.354 e. The standard InChI is InChI=1S/C19H26N4OS2/c1-13(2)17(23-9-8-15-6-4-5-7-16(15)11-23)10-20-18(24)14(3)26-19-22-21-12-25-19/h4-7,12-14,17H,8-11H2,1-3H3,(H,20,24)/t14-,17-/m1/s1. The SMILES string of the molecule is CC(C)[C@@H](CNC(=O)[C@@H](C)Sc1nncs1)N1CCc2ccccc2C1. The highest BCUT2D eigenvalue weighted by atomic mass is 32.2. The van der Waals surface area contributed by atoms with E-state index in [-0.39, 0.29) is 11.2 Å². The molecule has 5 nitrogen and oxygen atoms in total. The molecule has 1 aliphatic rings. The minimum absolute atomic E-state index is 0.0632. The highest BCUT2D eigenvalue weighted by molar-refractivity contribution is 8.02. The van der Waals surface area contributed by atoms with E-state index in [2.05, 4.69) is 58.5 Å². The van der Waals surface area contributed by atoms with Gasteiger partial charge in [0.2, 0.25) is 5.91 Å². The van der Waals surface area contributed by atoms with Crippen molar-refractivity contribution in [3.63, 3.8) is 0 Å². The first-order valence-electron chi connectivity index (χ1n) is 9.06. The highest BCUT2D eigenvalue weighted by Gasteiger charge is 2.27. The quantitative estimate of drug-likeness (QED) is 0.736. The Hall–Kier alpha value is -1.44. The second-order valence-electron chi connectivity index (χ2n) is 7.01. The van der Waals surface area contributed by atoms with Crippen LogP contribution in [-0.4, -0.2) is 45.4 Å². The summed E-state index contributed by atoms with van der Waals surface area (Å²) in [5.41, 5.74) is 4.56. The molecule has 0 radical (unpaired) electrons. The Morgan fingerprint density at radius 3 is 2.77 bits per heavy atom. The van der Waals surface area contributed by atoms with E-state index in [0.717, 1.165) is 23.8 Å². The topological polar surface area (TPSA) is 58.1 Å². The lowest BCUT2D eigenvalue weighted by Gasteiger charge is -2.38. The van der Waals surface area contributed by atoms with E-state index < -0.39 is 0 Å². The fraction of sp³-hybridized carbons (Fsp3) is 0.526. The third-order valence-corrected chi connectivity index (χ3v) is 6.78. The number of rotatable bonds is 7. The third-order valence-electron chi connectivity index (χ3n) is 4.87. The molecule has 0 saturated carbocycles. The van der Waals surface area contributed by atoms with Crippen molar-refractivity contribution in [3.8, 4) is 0 Å². The molecule has 0 bridgehead atoms. The molecule has 0 unspecified atom stereocenters. The van der Waals surface area contributed by atoms with Crippen molar-refractivity contribution in [1.82, 2.24) is 20.4 Å². The highest BCUT2D eigenvalue weighted by Crippen LogP contribution is 2.25. The van der Waals surface area contributed by atoms with Gasteiger partial charge < -0.3 is 5.32 Å². The predicted molar refractivity (Wildman–Crippen MR) is 107 cm³/mol. The summed E-state index contributed by atoms with van der Waals surface area (Å²) >= 11 is 2.93. The Balaban J connectivity index is 1.56. The lowest BCUT2D eigenvalue weighted by atomic mass is 9.95. The molecule has 2 heterocycles.